The maximum absolute atomic E-state index is 6.00. The lowest BCUT2D eigenvalue weighted by Crippen LogP contribution is -2.29. The Hall–Kier alpha value is -3.08. The van der Waals surface area contributed by atoms with Crippen molar-refractivity contribution in [2.24, 2.45) is 0 Å². The molecule has 0 amide bonds. The summed E-state index contributed by atoms with van der Waals surface area (Å²) in [7, 11) is 0. The van der Waals surface area contributed by atoms with E-state index in [1.54, 1.807) is 0 Å². The summed E-state index contributed by atoms with van der Waals surface area (Å²) in [4.78, 5) is 0. The van der Waals surface area contributed by atoms with Crippen molar-refractivity contribution in [2.75, 3.05) is 66.1 Å². The predicted molar refractivity (Wildman–Crippen MR) is 154 cm³/mol. The fraction of sp³-hybridized carbons (Fsp3) is 0.515. The highest BCUT2D eigenvalue weighted by Crippen LogP contribution is 2.33. The second-order valence-corrected chi connectivity index (χ2v) is 10.6. The Morgan fingerprint density at radius 3 is 1.44 bits per heavy atom. The molecule has 8 heteroatoms. The smallest absolute Gasteiger partial charge is 0.119 e. The second-order valence-electron chi connectivity index (χ2n) is 10.6. The fourth-order valence-electron chi connectivity index (χ4n) is 4.08. The standard InChI is InChI=1S/C33H40O8/c1-5-15-34-17-29(38-21-31-23-40-31)19-36-27-11-7-25(8-12-27)33(3,4)26-9-13-28(14-10-26)37-20-30(18-35-16-6-2)39-22-32-24-41-32/h1-2,7-14,29-32H,15-24H2,3-4H3. The van der Waals surface area contributed by atoms with E-state index in [1.807, 2.05) is 24.3 Å². The molecule has 8 nitrogen and oxygen atoms in total. The van der Waals surface area contributed by atoms with Crippen LogP contribution in [0.1, 0.15) is 25.0 Å². The van der Waals surface area contributed by atoms with Gasteiger partial charge in [0.1, 0.15) is 62.3 Å². The van der Waals surface area contributed by atoms with Gasteiger partial charge in [-0.3, -0.25) is 0 Å². The molecular formula is C33H40O8. The molecule has 0 N–H and O–H groups in total. The van der Waals surface area contributed by atoms with E-state index in [-0.39, 0.29) is 43.0 Å². The summed E-state index contributed by atoms with van der Waals surface area (Å²) in [6, 6.07) is 16.3. The zero-order chi connectivity index (χ0) is 28.9. The molecule has 41 heavy (non-hydrogen) atoms. The molecular weight excluding hydrogens is 524 g/mol. The Kier molecular flexibility index (Phi) is 11.9. The number of hydrogen-bond donors (Lipinski definition) is 0. The van der Waals surface area contributed by atoms with Gasteiger partial charge in [-0.05, 0) is 35.4 Å². The van der Waals surface area contributed by atoms with Gasteiger partial charge in [0.05, 0.1) is 39.6 Å². The van der Waals surface area contributed by atoms with E-state index in [2.05, 4.69) is 50.0 Å². The topological polar surface area (TPSA) is 80.4 Å². The van der Waals surface area contributed by atoms with Crippen molar-refractivity contribution in [3.63, 3.8) is 0 Å². The van der Waals surface area contributed by atoms with E-state index in [9.17, 15) is 0 Å². The minimum Gasteiger partial charge on any atom is -0.491 e. The molecule has 0 aromatic heterocycles. The molecule has 220 valence electrons. The van der Waals surface area contributed by atoms with Gasteiger partial charge in [-0.1, -0.05) is 50.0 Å². The molecule has 2 aromatic rings. The molecule has 0 spiro atoms. The van der Waals surface area contributed by atoms with Gasteiger partial charge in [-0.15, -0.1) is 12.8 Å². The summed E-state index contributed by atoms with van der Waals surface area (Å²) in [5.41, 5.74) is 2.10. The maximum atomic E-state index is 6.00. The molecule has 4 unspecified atom stereocenters. The van der Waals surface area contributed by atoms with Crippen LogP contribution in [0.15, 0.2) is 48.5 Å². The molecule has 4 rings (SSSR count). The van der Waals surface area contributed by atoms with Crippen LogP contribution >= 0.6 is 0 Å². The number of hydrogen-bond acceptors (Lipinski definition) is 8. The van der Waals surface area contributed by atoms with Crippen LogP contribution in [0.5, 0.6) is 11.5 Å². The van der Waals surface area contributed by atoms with Crippen molar-refractivity contribution >= 4 is 0 Å². The first-order valence-electron chi connectivity index (χ1n) is 13.9. The molecule has 2 aliphatic heterocycles. The summed E-state index contributed by atoms with van der Waals surface area (Å²) < 4.78 is 45.1. The number of ether oxygens (including phenoxy) is 8. The Labute approximate surface area is 243 Å². The lowest BCUT2D eigenvalue weighted by atomic mass is 9.78. The van der Waals surface area contributed by atoms with E-state index < -0.39 is 0 Å². The average molecular weight is 565 g/mol. The van der Waals surface area contributed by atoms with Crippen LogP contribution in [0.25, 0.3) is 0 Å². The molecule has 0 radical (unpaired) electrons. The molecule has 2 aromatic carbocycles. The van der Waals surface area contributed by atoms with E-state index in [4.69, 9.17) is 50.7 Å². The lowest BCUT2D eigenvalue weighted by molar-refractivity contribution is -0.0355. The molecule has 2 saturated heterocycles. The Morgan fingerprint density at radius 2 is 1.10 bits per heavy atom. The minimum absolute atomic E-state index is 0.171. The zero-order valence-corrected chi connectivity index (χ0v) is 23.9. The van der Waals surface area contributed by atoms with Crippen LogP contribution in [0, 0.1) is 24.7 Å². The SMILES string of the molecule is C#CCOCC(COc1ccc(C(C)(C)c2ccc(OCC(COCC#C)OCC3CO3)cc2)cc1)OCC1CO1. The summed E-state index contributed by atoms with van der Waals surface area (Å²) >= 11 is 0. The highest BCUT2D eigenvalue weighted by molar-refractivity contribution is 5.41. The van der Waals surface area contributed by atoms with Crippen LogP contribution in [0.2, 0.25) is 0 Å². The van der Waals surface area contributed by atoms with Gasteiger partial charge in [0, 0.05) is 5.41 Å². The highest BCUT2D eigenvalue weighted by Gasteiger charge is 2.26. The van der Waals surface area contributed by atoms with Crippen LogP contribution in [0.4, 0.5) is 0 Å². The number of terminal acetylenes is 2. The largest absolute Gasteiger partial charge is 0.491 e. The summed E-state index contributed by atoms with van der Waals surface area (Å²) in [6.45, 7) is 8.83. The average Bonchev–Trinajstić information content (AvgIpc) is 3.92. The first-order valence-corrected chi connectivity index (χ1v) is 13.9. The highest BCUT2D eigenvalue weighted by atomic mass is 16.6. The molecule has 2 heterocycles. The normalized spacial score (nSPS) is 19.0. The Balaban J connectivity index is 1.27. The van der Waals surface area contributed by atoms with Crippen molar-refractivity contribution in [3.05, 3.63) is 59.7 Å². The van der Waals surface area contributed by atoms with Gasteiger partial charge in [0.25, 0.3) is 0 Å². The van der Waals surface area contributed by atoms with Crippen LogP contribution in [0.3, 0.4) is 0 Å². The Morgan fingerprint density at radius 1 is 0.707 bits per heavy atom. The molecule has 0 saturated carbocycles. The molecule has 0 bridgehead atoms. The molecule has 4 atom stereocenters. The molecule has 2 aliphatic rings. The van der Waals surface area contributed by atoms with Gasteiger partial charge < -0.3 is 37.9 Å². The third-order valence-corrected chi connectivity index (χ3v) is 6.84. The quantitative estimate of drug-likeness (QED) is 0.137. The van der Waals surface area contributed by atoms with Crippen molar-refractivity contribution in [2.45, 2.75) is 43.7 Å². The monoisotopic (exact) mass is 564 g/mol. The lowest BCUT2D eigenvalue weighted by Gasteiger charge is -2.27. The van der Waals surface area contributed by atoms with Gasteiger partial charge in [0.2, 0.25) is 0 Å². The first-order chi connectivity index (χ1) is 20.0. The van der Waals surface area contributed by atoms with E-state index in [0.29, 0.717) is 39.6 Å². The van der Waals surface area contributed by atoms with Crippen LogP contribution < -0.4 is 9.47 Å². The van der Waals surface area contributed by atoms with Gasteiger partial charge in [0.15, 0.2) is 0 Å². The van der Waals surface area contributed by atoms with Gasteiger partial charge in [-0.25, -0.2) is 0 Å². The van der Waals surface area contributed by atoms with Crippen molar-refractivity contribution in [1.82, 2.24) is 0 Å². The minimum atomic E-state index is -0.228. The Bertz CT molecular complexity index is 1030. The number of epoxide rings is 2. The second kappa shape index (κ2) is 15.8. The summed E-state index contributed by atoms with van der Waals surface area (Å²) in [5, 5.41) is 0. The molecule has 2 fully saturated rings. The third kappa shape index (κ3) is 10.7. The van der Waals surface area contributed by atoms with Crippen molar-refractivity contribution in [3.8, 4) is 36.2 Å². The fourth-order valence-corrected chi connectivity index (χ4v) is 4.08. The maximum Gasteiger partial charge on any atom is 0.119 e. The number of rotatable bonds is 20. The molecule has 0 aliphatic carbocycles. The number of benzene rings is 2. The van der Waals surface area contributed by atoms with Crippen LogP contribution in [-0.4, -0.2) is 90.5 Å². The summed E-state index contributed by atoms with van der Waals surface area (Å²) in [6.07, 6.45) is 10.5. The van der Waals surface area contributed by atoms with Gasteiger partial charge in [-0.2, -0.15) is 0 Å². The zero-order valence-electron chi connectivity index (χ0n) is 23.9. The predicted octanol–water partition coefficient (Wildman–Crippen LogP) is 3.64. The summed E-state index contributed by atoms with van der Waals surface area (Å²) in [5.74, 6) is 6.46. The third-order valence-electron chi connectivity index (χ3n) is 6.84. The van der Waals surface area contributed by atoms with E-state index in [1.165, 1.54) is 0 Å². The first kappa shape index (κ1) is 30.9. The van der Waals surface area contributed by atoms with Crippen LogP contribution in [-0.2, 0) is 33.8 Å². The van der Waals surface area contributed by atoms with Crippen molar-refractivity contribution in [1.29, 1.82) is 0 Å². The van der Waals surface area contributed by atoms with Crippen molar-refractivity contribution < 1.29 is 37.9 Å². The van der Waals surface area contributed by atoms with E-state index in [0.717, 1.165) is 35.8 Å². The van der Waals surface area contributed by atoms with Gasteiger partial charge >= 0.3 is 0 Å². The van der Waals surface area contributed by atoms with E-state index >= 15 is 0 Å².